The highest BCUT2D eigenvalue weighted by atomic mass is 32.1. The summed E-state index contributed by atoms with van der Waals surface area (Å²) in [4.78, 5) is 50.0. The summed E-state index contributed by atoms with van der Waals surface area (Å²) in [5, 5.41) is 17.1. The molecule has 0 fully saturated rings. The van der Waals surface area contributed by atoms with E-state index in [9.17, 15) is 24.3 Å². The van der Waals surface area contributed by atoms with Gasteiger partial charge in [0, 0.05) is 12.2 Å². The van der Waals surface area contributed by atoms with Crippen molar-refractivity contribution in [2.45, 2.75) is 71.1 Å². The molecule has 0 radical (unpaired) electrons. The second-order valence-corrected chi connectivity index (χ2v) is 9.62. The summed E-state index contributed by atoms with van der Waals surface area (Å²) in [5.74, 6) is -2.68. The molecule has 34 heavy (non-hydrogen) atoms. The third-order valence-electron chi connectivity index (χ3n) is 5.11. The average molecular weight is 495 g/mol. The fraction of sp³-hybridized carbons (Fsp3) is 0.583. The van der Waals surface area contributed by atoms with Gasteiger partial charge in [-0.05, 0) is 30.2 Å². The number of nitrogens with two attached hydrogens (primary N) is 1. The lowest BCUT2D eigenvalue weighted by Gasteiger charge is -2.26. The van der Waals surface area contributed by atoms with Gasteiger partial charge in [0.1, 0.15) is 18.1 Å². The normalized spacial score (nSPS) is 14.7. The van der Waals surface area contributed by atoms with Crippen LogP contribution in [0, 0.1) is 11.8 Å². The predicted octanol–water partition coefficient (Wildman–Crippen LogP) is 1.12. The summed E-state index contributed by atoms with van der Waals surface area (Å²) in [6.45, 7) is 7.67. The minimum absolute atomic E-state index is 0.0389. The smallest absolute Gasteiger partial charge is 0.327 e. The highest BCUT2D eigenvalue weighted by Gasteiger charge is 2.30. The maximum Gasteiger partial charge on any atom is 0.327 e. The molecule has 4 atom stereocenters. The first-order chi connectivity index (χ1) is 15.9. The van der Waals surface area contributed by atoms with Gasteiger partial charge in [0.15, 0.2) is 0 Å². The van der Waals surface area contributed by atoms with Crippen LogP contribution in [-0.4, -0.2) is 58.7 Å². The van der Waals surface area contributed by atoms with Gasteiger partial charge in [0.25, 0.3) is 0 Å². The van der Waals surface area contributed by atoms with Crippen molar-refractivity contribution in [1.29, 1.82) is 0 Å². The van der Waals surface area contributed by atoms with Crippen LogP contribution in [0.5, 0.6) is 0 Å². The van der Waals surface area contributed by atoms with E-state index in [-0.39, 0.29) is 30.4 Å². The first-order valence-electron chi connectivity index (χ1n) is 11.5. The van der Waals surface area contributed by atoms with E-state index in [1.807, 2.05) is 58.0 Å². The molecule has 0 spiro atoms. The second kappa shape index (κ2) is 14.6. The zero-order valence-corrected chi connectivity index (χ0v) is 21.2. The molecular weight excluding hydrogens is 456 g/mol. The van der Waals surface area contributed by atoms with Crippen molar-refractivity contribution in [3.8, 4) is 0 Å². The van der Waals surface area contributed by atoms with Crippen LogP contribution in [0.4, 0.5) is 0 Å². The molecule has 1 aromatic rings. The summed E-state index contributed by atoms with van der Waals surface area (Å²) < 4.78 is 0. The Bertz CT molecular complexity index is 819. The number of hydrogen-bond donors (Lipinski definition) is 6. The molecule has 0 saturated carbocycles. The Balaban J connectivity index is 3.07. The number of hydrogen-bond acceptors (Lipinski definition) is 6. The van der Waals surface area contributed by atoms with Gasteiger partial charge >= 0.3 is 5.97 Å². The molecule has 1 aromatic carbocycles. The highest BCUT2D eigenvalue weighted by molar-refractivity contribution is 7.80. The molecule has 0 saturated heterocycles. The van der Waals surface area contributed by atoms with Crippen molar-refractivity contribution in [3.63, 3.8) is 0 Å². The van der Waals surface area contributed by atoms with Gasteiger partial charge < -0.3 is 26.8 Å². The first kappa shape index (κ1) is 29.4. The van der Waals surface area contributed by atoms with Crippen molar-refractivity contribution < 1.29 is 24.3 Å². The zero-order valence-electron chi connectivity index (χ0n) is 20.3. The first-order valence-corrected chi connectivity index (χ1v) is 12.1. The third-order valence-corrected chi connectivity index (χ3v) is 5.48. The Kier molecular flexibility index (Phi) is 12.7. The van der Waals surface area contributed by atoms with Crippen molar-refractivity contribution >= 4 is 36.3 Å². The summed E-state index contributed by atoms with van der Waals surface area (Å²) in [6, 6.07) is 5.28. The third kappa shape index (κ3) is 10.6. The average Bonchev–Trinajstić information content (AvgIpc) is 2.75. The molecule has 9 nitrogen and oxygen atoms in total. The molecule has 0 bridgehead atoms. The van der Waals surface area contributed by atoms with E-state index in [0.717, 1.165) is 5.56 Å². The number of carboxylic acids is 1. The summed E-state index contributed by atoms with van der Waals surface area (Å²) in [5.41, 5.74) is 6.83. The Morgan fingerprint density at radius 3 is 1.82 bits per heavy atom. The number of aliphatic carboxylic acids is 1. The standard InChI is InChI=1S/C24H38N4O5S/c1-14(2)10-17(25)21(29)26-19(12-16-8-6-5-7-9-16)23(31)27-18(11-15(3)4)22(30)28-20(13-34)24(32)33/h5-9,14-15,17-20,34H,10-13,25H2,1-4H3,(H,26,29)(H,27,31)(H,28,30)(H,32,33). The lowest BCUT2D eigenvalue weighted by Crippen LogP contribution is -2.58. The molecule has 6 N–H and O–H groups in total. The maximum absolute atomic E-state index is 13.2. The van der Waals surface area contributed by atoms with Crippen molar-refractivity contribution in [1.82, 2.24) is 16.0 Å². The largest absolute Gasteiger partial charge is 0.480 e. The summed E-state index contributed by atoms with van der Waals surface area (Å²) >= 11 is 3.96. The van der Waals surface area contributed by atoms with Gasteiger partial charge in [0.05, 0.1) is 6.04 Å². The van der Waals surface area contributed by atoms with E-state index >= 15 is 0 Å². The molecular formula is C24H38N4O5S. The van der Waals surface area contributed by atoms with Gasteiger partial charge in [-0.2, -0.15) is 12.6 Å². The molecule has 10 heteroatoms. The van der Waals surface area contributed by atoms with Crippen LogP contribution in [0.2, 0.25) is 0 Å². The molecule has 4 unspecified atom stereocenters. The van der Waals surface area contributed by atoms with Gasteiger partial charge in [-0.25, -0.2) is 4.79 Å². The molecule has 190 valence electrons. The fourth-order valence-corrected chi connectivity index (χ4v) is 3.63. The summed E-state index contributed by atoms with van der Waals surface area (Å²) in [6.07, 6.45) is 0.955. The minimum atomic E-state index is -1.22. The number of rotatable bonds is 14. The summed E-state index contributed by atoms with van der Waals surface area (Å²) in [7, 11) is 0. The zero-order chi connectivity index (χ0) is 25.8. The van der Waals surface area contributed by atoms with E-state index in [4.69, 9.17) is 5.73 Å². The quantitative estimate of drug-likeness (QED) is 0.213. The highest BCUT2D eigenvalue weighted by Crippen LogP contribution is 2.10. The maximum atomic E-state index is 13.2. The lowest BCUT2D eigenvalue weighted by atomic mass is 10.00. The van der Waals surface area contributed by atoms with Crippen LogP contribution >= 0.6 is 12.6 Å². The lowest BCUT2D eigenvalue weighted by molar-refractivity contribution is -0.141. The Morgan fingerprint density at radius 2 is 1.32 bits per heavy atom. The van der Waals surface area contributed by atoms with Crippen LogP contribution in [0.3, 0.4) is 0 Å². The van der Waals surface area contributed by atoms with Crippen LogP contribution in [0.15, 0.2) is 30.3 Å². The minimum Gasteiger partial charge on any atom is -0.480 e. The van der Waals surface area contributed by atoms with Crippen LogP contribution in [0.1, 0.15) is 46.1 Å². The van der Waals surface area contributed by atoms with Crippen molar-refractivity contribution in [2.24, 2.45) is 17.6 Å². The molecule has 0 aliphatic carbocycles. The molecule has 3 amide bonds. The molecule has 0 aliphatic rings. The van der Waals surface area contributed by atoms with Gasteiger partial charge in [-0.15, -0.1) is 0 Å². The van der Waals surface area contributed by atoms with Crippen molar-refractivity contribution in [2.75, 3.05) is 5.75 Å². The molecule has 0 aliphatic heterocycles. The number of amides is 3. The van der Waals surface area contributed by atoms with Gasteiger partial charge in [-0.1, -0.05) is 58.0 Å². The van der Waals surface area contributed by atoms with Crippen LogP contribution < -0.4 is 21.7 Å². The fourth-order valence-electron chi connectivity index (χ4n) is 3.39. The van der Waals surface area contributed by atoms with Crippen molar-refractivity contribution in [3.05, 3.63) is 35.9 Å². The predicted molar refractivity (Wildman–Crippen MR) is 134 cm³/mol. The number of thiol groups is 1. The number of carbonyl (C=O) groups is 4. The van der Waals surface area contributed by atoms with E-state index in [1.54, 1.807) is 0 Å². The Hall–Kier alpha value is -2.59. The Labute approximate surface area is 207 Å². The molecule has 1 rings (SSSR count). The molecule has 0 aromatic heterocycles. The topological polar surface area (TPSA) is 151 Å². The van der Waals surface area contributed by atoms with E-state index in [2.05, 4.69) is 28.6 Å². The number of benzene rings is 1. The van der Waals surface area contributed by atoms with Crippen LogP contribution in [0.25, 0.3) is 0 Å². The number of nitrogens with one attached hydrogen (secondary N) is 3. The van der Waals surface area contributed by atoms with Gasteiger partial charge in [-0.3, -0.25) is 14.4 Å². The monoisotopic (exact) mass is 494 g/mol. The van der Waals surface area contributed by atoms with E-state index in [0.29, 0.717) is 6.42 Å². The Morgan fingerprint density at radius 1 is 0.824 bits per heavy atom. The van der Waals surface area contributed by atoms with Crippen LogP contribution in [-0.2, 0) is 25.6 Å². The second-order valence-electron chi connectivity index (χ2n) is 9.26. The van der Waals surface area contributed by atoms with E-state index < -0.39 is 47.9 Å². The van der Waals surface area contributed by atoms with Gasteiger partial charge in [0.2, 0.25) is 17.7 Å². The van der Waals surface area contributed by atoms with E-state index in [1.165, 1.54) is 0 Å². The number of carbonyl (C=O) groups excluding carboxylic acids is 3. The SMILES string of the molecule is CC(C)CC(N)C(=O)NC(Cc1ccccc1)C(=O)NC(CC(C)C)C(=O)NC(CS)C(=O)O. The molecule has 0 heterocycles. The number of carboxylic acid groups (broad SMARTS) is 1.